The molecule has 33 heavy (non-hydrogen) atoms. The first-order valence-electron chi connectivity index (χ1n) is 11.5. The molecule has 1 fully saturated rings. The zero-order valence-electron chi connectivity index (χ0n) is 18.4. The Bertz CT molecular complexity index is 1230. The molecule has 0 radical (unpaired) electrons. The second-order valence-corrected chi connectivity index (χ2v) is 9.43. The lowest BCUT2D eigenvalue weighted by atomic mass is 9.90. The van der Waals surface area contributed by atoms with Crippen LogP contribution in [0.3, 0.4) is 0 Å². The fourth-order valence-electron chi connectivity index (χ4n) is 4.78. The van der Waals surface area contributed by atoms with Gasteiger partial charge in [0.2, 0.25) is 5.91 Å². The highest BCUT2D eigenvalue weighted by Gasteiger charge is 2.33. The van der Waals surface area contributed by atoms with E-state index in [2.05, 4.69) is 34.6 Å². The minimum absolute atomic E-state index is 0.0105. The van der Waals surface area contributed by atoms with Crippen molar-refractivity contribution < 1.29 is 9.59 Å². The van der Waals surface area contributed by atoms with E-state index in [1.54, 1.807) is 4.90 Å². The smallest absolute Gasteiger partial charge is 0.264 e. The number of likely N-dealkylation sites (tertiary alicyclic amines) is 1. The van der Waals surface area contributed by atoms with Crippen LogP contribution in [0.2, 0.25) is 0 Å². The van der Waals surface area contributed by atoms with Gasteiger partial charge in [-0.1, -0.05) is 54.6 Å². The number of aromatic nitrogens is 1. The molecule has 2 atom stereocenters. The van der Waals surface area contributed by atoms with Gasteiger partial charge in [0.1, 0.15) is 6.04 Å². The van der Waals surface area contributed by atoms with Crippen LogP contribution in [0.4, 0.5) is 0 Å². The summed E-state index contributed by atoms with van der Waals surface area (Å²) in [5.74, 6) is -0.0993. The molecule has 2 aromatic heterocycles. The maximum Gasteiger partial charge on any atom is 0.264 e. The van der Waals surface area contributed by atoms with Gasteiger partial charge in [-0.15, -0.1) is 11.3 Å². The van der Waals surface area contributed by atoms with E-state index in [0.29, 0.717) is 24.4 Å². The maximum atomic E-state index is 13.3. The number of amides is 2. The summed E-state index contributed by atoms with van der Waals surface area (Å²) in [6, 6.07) is 21.8. The number of rotatable bonds is 6. The number of carbonyl (C=O) groups is 2. The molecule has 0 saturated carbocycles. The molecule has 0 aliphatic carbocycles. The molecule has 6 heteroatoms. The third kappa shape index (κ3) is 4.44. The van der Waals surface area contributed by atoms with Crippen molar-refractivity contribution in [3.05, 3.63) is 94.3 Å². The van der Waals surface area contributed by atoms with Gasteiger partial charge in [-0.2, -0.15) is 0 Å². The van der Waals surface area contributed by atoms with Gasteiger partial charge in [0.25, 0.3) is 5.91 Å². The zero-order chi connectivity index (χ0) is 22.6. The average Bonchev–Trinajstić information content (AvgIpc) is 3.55. The van der Waals surface area contributed by atoms with Gasteiger partial charge < -0.3 is 15.2 Å². The van der Waals surface area contributed by atoms with Crippen molar-refractivity contribution in [2.75, 3.05) is 13.1 Å². The molecule has 1 aliphatic rings. The van der Waals surface area contributed by atoms with Gasteiger partial charge in [-0.3, -0.25) is 9.59 Å². The number of piperidine rings is 1. The number of fused-ring (bicyclic) bond motifs is 1. The third-order valence-corrected chi connectivity index (χ3v) is 7.34. The Hall–Kier alpha value is -3.38. The lowest BCUT2D eigenvalue weighted by Gasteiger charge is -2.34. The van der Waals surface area contributed by atoms with Crippen LogP contribution >= 0.6 is 11.3 Å². The molecule has 4 aromatic rings. The van der Waals surface area contributed by atoms with Crippen LogP contribution in [0.1, 0.15) is 46.0 Å². The second kappa shape index (κ2) is 9.63. The molecule has 2 N–H and O–H groups in total. The number of hydrogen-bond acceptors (Lipinski definition) is 3. The number of thiophene rings is 1. The molecule has 2 amide bonds. The van der Waals surface area contributed by atoms with Crippen LogP contribution in [0.25, 0.3) is 10.9 Å². The Kier molecular flexibility index (Phi) is 6.26. The summed E-state index contributed by atoms with van der Waals surface area (Å²) in [4.78, 5) is 32.2. The van der Waals surface area contributed by atoms with Crippen LogP contribution < -0.4 is 5.32 Å². The highest BCUT2D eigenvalue weighted by atomic mass is 32.1. The van der Waals surface area contributed by atoms with Crippen molar-refractivity contribution in [2.45, 2.75) is 31.2 Å². The lowest BCUT2D eigenvalue weighted by molar-refractivity contribution is -0.126. The van der Waals surface area contributed by atoms with Crippen LogP contribution in [0, 0.1) is 0 Å². The molecule has 0 spiro atoms. The van der Waals surface area contributed by atoms with E-state index >= 15 is 0 Å². The molecule has 5 nitrogen and oxygen atoms in total. The first-order chi connectivity index (χ1) is 16.2. The van der Waals surface area contributed by atoms with Gasteiger partial charge in [-0.05, 0) is 47.9 Å². The van der Waals surface area contributed by atoms with E-state index in [0.717, 1.165) is 34.9 Å². The number of carbonyl (C=O) groups excluding carboxylic acids is 2. The molecule has 168 valence electrons. The van der Waals surface area contributed by atoms with Crippen molar-refractivity contribution in [3.63, 3.8) is 0 Å². The molecular weight excluding hydrogens is 430 g/mol. The Morgan fingerprint density at radius 1 is 1.03 bits per heavy atom. The van der Waals surface area contributed by atoms with Crippen molar-refractivity contribution >= 4 is 34.1 Å². The Labute approximate surface area is 197 Å². The normalized spacial score (nSPS) is 17.1. The van der Waals surface area contributed by atoms with Crippen molar-refractivity contribution in [1.29, 1.82) is 0 Å². The maximum absolute atomic E-state index is 13.3. The number of H-pyrrole nitrogens is 1. The first kappa shape index (κ1) is 21.5. The average molecular weight is 458 g/mol. The fourth-order valence-corrected chi connectivity index (χ4v) is 5.46. The predicted octanol–water partition coefficient (Wildman–Crippen LogP) is 5.17. The van der Waals surface area contributed by atoms with Crippen molar-refractivity contribution in [1.82, 2.24) is 15.2 Å². The van der Waals surface area contributed by atoms with Crippen LogP contribution in [0.5, 0.6) is 0 Å². The van der Waals surface area contributed by atoms with Crippen LogP contribution in [-0.4, -0.2) is 40.8 Å². The summed E-state index contributed by atoms with van der Waals surface area (Å²) in [6.45, 7) is 1.10. The van der Waals surface area contributed by atoms with Gasteiger partial charge in [0, 0.05) is 36.1 Å². The Morgan fingerprint density at radius 3 is 2.67 bits per heavy atom. The highest BCUT2D eigenvalue weighted by molar-refractivity contribution is 7.12. The van der Waals surface area contributed by atoms with E-state index in [9.17, 15) is 9.59 Å². The number of hydrogen-bond donors (Lipinski definition) is 2. The van der Waals surface area contributed by atoms with E-state index in [1.165, 1.54) is 11.3 Å². The molecule has 1 saturated heterocycles. The van der Waals surface area contributed by atoms with Crippen LogP contribution in [0.15, 0.2) is 78.3 Å². The fraction of sp³-hybridized carbons (Fsp3) is 0.259. The zero-order valence-corrected chi connectivity index (χ0v) is 19.2. The van der Waals surface area contributed by atoms with E-state index in [4.69, 9.17) is 0 Å². The monoisotopic (exact) mass is 457 g/mol. The summed E-state index contributed by atoms with van der Waals surface area (Å²) in [7, 11) is 0. The number of aromatic amines is 1. The van der Waals surface area contributed by atoms with Gasteiger partial charge in [0.15, 0.2) is 0 Å². The molecule has 0 bridgehead atoms. The summed E-state index contributed by atoms with van der Waals surface area (Å²) in [5.41, 5.74) is 3.39. The van der Waals surface area contributed by atoms with Gasteiger partial charge >= 0.3 is 0 Å². The number of para-hydroxylation sites is 1. The third-order valence-electron chi connectivity index (χ3n) is 6.48. The second-order valence-electron chi connectivity index (χ2n) is 8.49. The van der Waals surface area contributed by atoms with E-state index in [1.807, 2.05) is 54.0 Å². The summed E-state index contributed by atoms with van der Waals surface area (Å²) < 4.78 is 0. The van der Waals surface area contributed by atoms with Gasteiger partial charge in [0.05, 0.1) is 4.88 Å². The topological polar surface area (TPSA) is 65.2 Å². The summed E-state index contributed by atoms with van der Waals surface area (Å²) in [6.07, 6.45) is 4.63. The summed E-state index contributed by atoms with van der Waals surface area (Å²) >= 11 is 1.43. The Morgan fingerprint density at radius 2 is 1.85 bits per heavy atom. The van der Waals surface area contributed by atoms with E-state index in [-0.39, 0.29) is 17.7 Å². The van der Waals surface area contributed by atoms with Crippen LogP contribution in [-0.2, 0) is 4.79 Å². The standard InChI is InChI=1S/C27H27N3O2S/c31-26(24-13-6-7-15-30(24)27(32)25-14-8-16-33-25)29-17-21(19-9-2-1-3-10-19)22-18-28-23-12-5-4-11-20(22)23/h1-5,8-12,14,16,18,21,24,28H,6-7,13,15,17H2,(H,29,31)/t21-,24-/m0/s1. The summed E-state index contributed by atoms with van der Waals surface area (Å²) in [5, 5.41) is 6.25. The molecule has 5 rings (SSSR count). The number of nitrogens with one attached hydrogen (secondary N) is 2. The molecule has 3 heterocycles. The molecule has 2 aromatic carbocycles. The van der Waals surface area contributed by atoms with Gasteiger partial charge in [-0.25, -0.2) is 0 Å². The molecular formula is C27H27N3O2S. The Balaban J connectivity index is 1.37. The van der Waals surface area contributed by atoms with Crippen molar-refractivity contribution in [2.24, 2.45) is 0 Å². The highest BCUT2D eigenvalue weighted by Crippen LogP contribution is 2.31. The number of benzene rings is 2. The minimum atomic E-state index is -0.423. The van der Waals surface area contributed by atoms with E-state index < -0.39 is 6.04 Å². The SMILES string of the molecule is O=C(NC[C@@H](c1ccccc1)c1c[nH]c2ccccc12)[C@@H]1CCCCN1C(=O)c1cccs1. The molecule has 0 unspecified atom stereocenters. The molecule has 1 aliphatic heterocycles. The lowest BCUT2D eigenvalue weighted by Crippen LogP contribution is -2.52. The quantitative estimate of drug-likeness (QED) is 0.419. The first-order valence-corrected chi connectivity index (χ1v) is 12.3. The minimum Gasteiger partial charge on any atom is -0.361 e. The predicted molar refractivity (Wildman–Crippen MR) is 133 cm³/mol. The number of nitrogens with zero attached hydrogens (tertiary/aromatic N) is 1. The van der Waals surface area contributed by atoms with Crippen molar-refractivity contribution in [3.8, 4) is 0 Å². The largest absolute Gasteiger partial charge is 0.361 e.